The zero-order valence-electron chi connectivity index (χ0n) is 11.6. The standard InChI is InChI=1S/C16H22ClFO/c1-11(2)12-4-3-7-16(19,9-12)10-13-5-6-14(18)8-15(13)17/h5-6,8,11-12,19H,3-4,7,9-10H2,1-2H3. The van der Waals surface area contributed by atoms with Crippen molar-refractivity contribution in [3.8, 4) is 0 Å². The van der Waals surface area contributed by atoms with Crippen LogP contribution in [-0.2, 0) is 6.42 Å². The van der Waals surface area contributed by atoms with Gasteiger partial charge >= 0.3 is 0 Å². The Balaban J connectivity index is 2.12. The molecule has 19 heavy (non-hydrogen) atoms. The molecule has 0 amide bonds. The molecule has 0 aliphatic heterocycles. The quantitative estimate of drug-likeness (QED) is 0.860. The first kappa shape index (κ1) is 14.8. The van der Waals surface area contributed by atoms with E-state index in [1.807, 2.05) is 0 Å². The maximum atomic E-state index is 13.0. The number of halogens is 2. The van der Waals surface area contributed by atoms with E-state index in [0.717, 1.165) is 24.8 Å². The minimum atomic E-state index is -0.686. The first-order valence-electron chi connectivity index (χ1n) is 7.06. The predicted octanol–water partition coefficient (Wildman–Crippen LogP) is 4.60. The highest BCUT2D eigenvalue weighted by Crippen LogP contribution is 2.39. The Bertz CT molecular complexity index is 446. The van der Waals surface area contributed by atoms with Crippen molar-refractivity contribution < 1.29 is 9.50 Å². The summed E-state index contributed by atoms with van der Waals surface area (Å²) in [5.41, 5.74) is 0.157. The number of rotatable bonds is 3. The summed E-state index contributed by atoms with van der Waals surface area (Å²) in [6.07, 6.45) is 4.40. The maximum Gasteiger partial charge on any atom is 0.124 e. The van der Waals surface area contributed by atoms with Crippen molar-refractivity contribution in [2.75, 3.05) is 0 Å². The summed E-state index contributed by atoms with van der Waals surface area (Å²) in [6.45, 7) is 4.42. The van der Waals surface area contributed by atoms with Crippen molar-refractivity contribution in [1.82, 2.24) is 0 Å². The molecule has 2 rings (SSSR count). The van der Waals surface area contributed by atoms with Crippen LogP contribution in [0.25, 0.3) is 0 Å². The third-order valence-corrected chi connectivity index (χ3v) is 4.69. The summed E-state index contributed by atoms with van der Waals surface area (Å²) in [6, 6.07) is 4.42. The SMILES string of the molecule is CC(C)C1CCCC(O)(Cc2ccc(F)cc2Cl)C1. The molecule has 1 aliphatic carbocycles. The minimum absolute atomic E-state index is 0.329. The van der Waals surface area contributed by atoms with Gasteiger partial charge in [0.1, 0.15) is 5.82 Å². The topological polar surface area (TPSA) is 20.2 Å². The Morgan fingerprint density at radius 2 is 2.21 bits per heavy atom. The van der Waals surface area contributed by atoms with Gasteiger partial charge in [0.05, 0.1) is 5.60 Å². The average Bonchev–Trinajstić information content (AvgIpc) is 2.33. The monoisotopic (exact) mass is 284 g/mol. The van der Waals surface area contributed by atoms with Crippen LogP contribution in [0.4, 0.5) is 4.39 Å². The van der Waals surface area contributed by atoms with Gasteiger partial charge in [0.25, 0.3) is 0 Å². The van der Waals surface area contributed by atoms with Crippen LogP contribution in [-0.4, -0.2) is 10.7 Å². The number of benzene rings is 1. The lowest BCUT2D eigenvalue weighted by molar-refractivity contribution is -0.0239. The van der Waals surface area contributed by atoms with Gasteiger partial charge in [-0.15, -0.1) is 0 Å². The molecule has 2 unspecified atom stereocenters. The van der Waals surface area contributed by atoms with Gasteiger partial charge in [0, 0.05) is 11.4 Å². The van der Waals surface area contributed by atoms with E-state index in [1.54, 1.807) is 6.07 Å². The zero-order valence-corrected chi connectivity index (χ0v) is 12.4. The molecule has 1 aromatic rings. The Morgan fingerprint density at radius 3 is 2.84 bits per heavy atom. The smallest absolute Gasteiger partial charge is 0.124 e. The van der Waals surface area contributed by atoms with E-state index >= 15 is 0 Å². The molecule has 3 heteroatoms. The molecule has 1 saturated carbocycles. The van der Waals surface area contributed by atoms with Gasteiger partial charge in [-0.3, -0.25) is 0 Å². The van der Waals surface area contributed by atoms with E-state index < -0.39 is 5.60 Å². The molecule has 0 radical (unpaired) electrons. The lowest BCUT2D eigenvalue weighted by Gasteiger charge is -2.39. The lowest BCUT2D eigenvalue weighted by atomic mass is 9.71. The van der Waals surface area contributed by atoms with Crippen LogP contribution < -0.4 is 0 Å². The average molecular weight is 285 g/mol. The van der Waals surface area contributed by atoms with Crippen LogP contribution in [0.1, 0.15) is 45.1 Å². The summed E-state index contributed by atoms with van der Waals surface area (Å²) in [5.74, 6) is 0.831. The first-order valence-corrected chi connectivity index (χ1v) is 7.44. The molecule has 106 valence electrons. The number of hydrogen-bond donors (Lipinski definition) is 1. The van der Waals surface area contributed by atoms with E-state index in [4.69, 9.17) is 11.6 Å². The fraction of sp³-hybridized carbons (Fsp3) is 0.625. The van der Waals surface area contributed by atoms with Gasteiger partial charge in [0.15, 0.2) is 0 Å². The summed E-state index contributed by atoms with van der Waals surface area (Å²) in [5, 5.41) is 11.2. The molecule has 0 spiro atoms. The fourth-order valence-electron chi connectivity index (χ4n) is 3.13. The van der Waals surface area contributed by atoms with Crippen LogP contribution in [0.2, 0.25) is 5.02 Å². The summed E-state index contributed by atoms with van der Waals surface area (Å²) in [7, 11) is 0. The molecule has 0 bridgehead atoms. The van der Waals surface area contributed by atoms with Gasteiger partial charge in [-0.1, -0.05) is 37.9 Å². The Morgan fingerprint density at radius 1 is 1.47 bits per heavy atom. The molecular formula is C16H22ClFO. The summed E-state index contributed by atoms with van der Waals surface area (Å²) < 4.78 is 13.0. The van der Waals surface area contributed by atoms with E-state index in [1.165, 1.54) is 18.6 Å². The van der Waals surface area contributed by atoms with Crippen LogP contribution in [0.15, 0.2) is 18.2 Å². The third-order valence-electron chi connectivity index (χ3n) is 4.34. The van der Waals surface area contributed by atoms with Crippen molar-refractivity contribution in [2.45, 2.75) is 51.6 Å². The molecule has 1 aliphatic rings. The van der Waals surface area contributed by atoms with Crippen molar-refractivity contribution in [1.29, 1.82) is 0 Å². The van der Waals surface area contributed by atoms with E-state index in [0.29, 0.717) is 23.3 Å². The Kier molecular flexibility index (Phi) is 4.52. The molecule has 1 N–H and O–H groups in total. The normalized spacial score (nSPS) is 27.8. The Hall–Kier alpha value is -0.600. The van der Waals surface area contributed by atoms with Crippen LogP contribution in [0.3, 0.4) is 0 Å². The van der Waals surface area contributed by atoms with Crippen LogP contribution >= 0.6 is 11.6 Å². The molecule has 0 heterocycles. The van der Waals surface area contributed by atoms with Gasteiger partial charge in [-0.25, -0.2) is 4.39 Å². The third kappa shape index (κ3) is 3.70. The molecule has 2 atom stereocenters. The summed E-state index contributed by atoms with van der Waals surface area (Å²) >= 11 is 6.06. The van der Waals surface area contributed by atoms with Gasteiger partial charge in [0.2, 0.25) is 0 Å². The maximum absolute atomic E-state index is 13.0. The van der Waals surface area contributed by atoms with Gasteiger partial charge < -0.3 is 5.11 Å². The highest BCUT2D eigenvalue weighted by molar-refractivity contribution is 6.31. The van der Waals surface area contributed by atoms with Crippen molar-refractivity contribution in [3.63, 3.8) is 0 Å². The zero-order chi connectivity index (χ0) is 14.0. The largest absolute Gasteiger partial charge is 0.390 e. The van der Waals surface area contributed by atoms with Crippen molar-refractivity contribution >= 4 is 11.6 Å². The number of aliphatic hydroxyl groups is 1. The molecular weight excluding hydrogens is 263 g/mol. The molecule has 1 fully saturated rings. The second-order valence-corrected chi connectivity index (χ2v) is 6.64. The Labute approximate surface area is 119 Å². The van der Waals surface area contributed by atoms with Gasteiger partial charge in [-0.05, 0) is 48.8 Å². The molecule has 1 aromatic carbocycles. The number of hydrogen-bond acceptors (Lipinski definition) is 1. The van der Waals surface area contributed by atoms with Crippen LogP contribution in [0.5, 0.6) is 0 Å². The second-order valence-electron chi connectivity index (χ2n) is 6.24. The minimum Gasteiger partial charge on any atom is -0.390 e. The first-order chi connectivity index (χ1) is 8.89. The second kappa shape index (κ2) is 5.80. The molecule has 1 nitrogen and oxygen atoms in total. The predicted molar refractivity (Wildman–Crippen MR) is 76.9 cm³/mol. The summed E-state index contributed by atoms with van der Waals surface area (Å²) in [4.78, 5) is 0. The lowest BCUT2D eigenvalue weighted by Crippen LogP contribution is -2.38. The highest BCUT2D eigenvalue weighted by atomic mass is 35.5. The van der Waals surface area contributed by atoms with Crippen LogP contribution in [0, 0.1) is 17.7 Å². The van der Waals surface area contributed by atoms with E-state index in [2.05, 4.69) is 13.8 Å². The highest BCUT2D eigenvalue weighted by Gasteiger charge is 2.35. The van der Waals surface area contributed by atoms with Crippen molar-refractivity contribution in [3.05, 3.63) is 34.6 Å². The van der Waals surface area contributed by atoms with E-state index in [9.17, 15) is 9.50 Å². The molecule has 0 aromatic heterocycles. The fourth-order valence-corrected chi connectivity index (χ4v) is 3.37. The van der Waals surface area contributed by atoms with Gasteiger partial charge in [-0.2, -0.15) is 0 Å². The van der Waals surface area contributed by atoms with E-state index in [-0.39, 0.29) is 5.82 Å². The van der Waals surface area contributed by atoms with Crippen molar-refractivity contribution in [2.24, 2.45) is 11.8 Å². The molecule has 0 saturated heterocycles.